The molecule has 0 atom stereocenters. The zero-order valence-electron chi connectivity index (χ0n) is 9.91. The molecular weight excluding hydrogens is 347 g/mol. The van der Waals surface area contributed by atoms with Crippen LogP contribution in [0, 0.1) is 11.2 Å². The number of ether oxygens (including phenoxy) is 1. The standard InChI is InChI=1S/C11H13BrClFO3S/c1-11(2,7-18(13,15)16)6-17-10-5-8(14)3-4-9(10)12/h3-5H,6-7H2,1-2H3. The number of hydrogen-bond acceptors (Lipinski definition) is 3. The highest BCUT2D eigenvalue weighted by atomic mass is 79.9. The number of benzene rings is 1. The van der Waals surface area contributed by atoms with Gasteiger partial charge in [0.1, 0.15) is 11.6 Å². The SMILES string of the molecule is CC(C)(COc1cc(F)ccc1Br)CS(=O)(=O)Cl. The fourth-order valence-electron chi connectivity index (χ4n) is 1.37. The van der Waals surface area contributed by atoms with E-state index in [9.17, 15) is 12.8 Å². The summed E-state index contributed by atoms with van der Waals surface area (Å²) < 4.78 is 41.1. The summed E-state index contributed by atoms with van der Waals surface area (Å²) in [5, 5.41) is 0. The predicted molar refractivity (Wildman–Crippen MR) is 73.0 cm³/mol. The topological polar surface area (TPSA) is 43.4 Å². The first-order valence-electron chi connectivity index (χ1n) is 5.09. The molecule has 1 aromatic rings. The molecule has 0 N–H and O–H groups in total. The molecule has 0 aliphatic heterocycles. The van der Waals surface area contributed by atoms with E-state index in [0.29, 0.717) is 10.2 Å². The Morgan fingerprint density at radius 3 is 2.61 bits per heavy atom. The van der Waals surface area contributed by atoms with Crippen LogP contribution in [0.5, 0.6) is 5.75 Å². The van der Waals surface area contributed by atoms with Gasteiger partial charge in [-0.25, -0.2) is 12.8 Å². The van der Waals surface area contributed by atoms with Gasteiger partial charge < -0.3 is 4.74 Å². The van der Waals surface area contributed by atoms with Gasteiger partial charge in [-0.05, 0) is 28.1 Å². The summed E-state index contributed by atoms with van der Waals surface area (Å²) in [5.41, 5.74) is -0.660. The van der Waals surface area contributed by atoms with E-state index in [-0.39, 0.29) is 12.4 Å². The van der Waals surface area contributed by atoms with Gasteiger partial charge in [0.25, 0.3) is 0 Å². The molecule has 7 heteroatoms. The van der Waals surface area contributed by atoms with E-state index < -0.39 is 20.3 Å². The lowest BCUT2D eigenvalue weighted by molar-refractivity contribution is 0.198. The molecule has 1 rings (SSSR count). The van der Waals surface area contributed by atoms with Crippen molar-refractivity contribution in [3.63, 3.8) is 0 Å². The summed E-state index contributed by atoms with van der Waals surface area (Å²) in [5.74, 6) is -0.305. The molecule has 102 valence electrons. The molecule has 0 aliphatic carbocycles. The second-order valence-corrected chi connectivity index (χ2v) is 8.34. The van der Waals surface area contributed by atoms with Crippen LogP contribution in [-0.4, -0.2) is 20.8 Å². The van der Waals surface area contributed by atoms with Crippen molar-refractivity contribution in [2.45, 2.75) is 13.8 Å². The van der Waals surface area contributed by atoms with Crippen molar-refractivity contribution < 1.29 is 17.5 Å². The van der Waals surface area contributed by atoms with Gasteiger partial charge >= 0.3 is 0 Å². The molecule has 0 saturated carbocycles. The van der Waals surface area contributed by atoms with E-state index in [0.717, 1.165) is 0 Å². The monoisotopic (exact) mass is 358 g/mol. The maximum absolute atomic E-state index is 13.0. The summed E-state index contributed by atoms with van der Waals surface area (Å²) in [7, 11) is 1.61. The highest BCUT2D eigenvalue weighted by molar-refractivity contribution is 9.10. The smallest absolute Gasteiger partial charge is 0.233 e. The van der Waals surface area contributed by atoms with Gasteiger partial charge in [-0.3, -0.25) is 0 Å². The zero-order chi connectivity index (χ0) is 14.0. The number of hydrogen-bond donors (Lipinski definition) is 0. The van der Waals surface area contributed by atoms with E-state index >= 15 is 0 Å². The minimum atomic E-state index is -3.60. The van der Waals surface area contributed by atoms with Gasteiger partial charge in [0, 0.05) is 22.2 Å². The quantitative estimate of drug-likeness (QED) is 0.755. The molecule has 3 nitrogen and oxygen atoms in total. The van der Waals surface area contributed by atoms with Crippen LogP contribution in [-0.2, 0) is 9.05 Å². The molecule has 0 spiro atoms. The molecule has 1 aromatic carbocycles. The van der Waals surface area contributed by atoms with Crippen LogP contribution in [0.4, 0.5) is 4.39 Å². The fourth-order valence-corrected chi connectivity index (χ4v) is 3.63. The Morgan fingerprint density at radius 2 is 2.06 bits per heavy atom. The van der Waals surface area contributed by atoms with Crippen LogP contribution in [0.2, 0.25) is 0 Å². The third-order valence-electron chi connectivity index (χ3n) is 2.07. The first-order valence-corrected chi connectivity index (χ1v) is 8.36. The number of rotatable bonds is 5. The van der Waals surface area contributed by atoms with Crippen molar-refractivity contribution in [1.82, 2.24) is 0 Å². The average molecular weight is 360 g/mol. The largest absolute Gasteiger partial charge is 0.492 e. The van der Waals surface area contributed by atoms with Crippen LogP contribution >= 0.6 is 26.6 Å². The first-order chi connectivity index (χ1) is 8.09. The van der Waals surface area contributed by atoms with Gasteiger partial charge in [0.05, 0.1) is 16.8 Å². The van der Waals surface area contributed by atoms with Crippen molar-refractivity contribution in [3.8, 4) is 5.75 Å². The molecule has 0 unspecified atom stereocenters. The van der Waals surface area contributed by atoms with Crippen LogP contribution < -0.4 is 4.74 Å². The molecule has 0 saturated heterocycles. The molecule has 0 heterocycles. The van der Waals surface area contributed by atoms with E-state index in [2.05, 4.69) is 15.9 Å². The molecule has 0 radical (unpaired) electrons. The lowest BCUT2D eigenvalue weighted by Crippen LogP contribution is -2.28. The highest BCUT2D eigenvalue weighted by Crippen LogP contribution is 2.28. The van der Waals surface area contributed by atoms with Crippen LogP contribution in [0.25, 0.3) is 0 Å². The van der Waals surface area contributed by atoms with E-state index in [1.54, 1.807) is 13.8 Å². The van der Waals surface area contributed by atoms with E-state index in [1.807, 2.05) is 0 Å². The molecule has 0 aliphatic rings. The Labute approximate surface area is 119 Å². The van der Waals surface area contributed by atoms with Crippen LogP contribution in [0.15, 0.2) is 22.7 Å². The van der Waals surface area contributed by atoms with Gasteiger partial charge in [-0.2, -0.15) is 0 Å². The van der Waals surface area contributed by atoms with E-state index in [4.69, 9.17) is 15.4 Å². The Hall–Kier alpha value is -0.330. The molecule has 0 aromatic heterocycles. The van der Waals surface area contributed by atoms with Crippen LogP contribution in [0.1, 0.15) is 13.8 Å². The second-order valence-electron chi connectivity index (χ2n) is 4.71. The normalized spacial score (nSPS) is 12.5. The maximum atomic E-state index is 13.0. The Kier molecular flexibility index (Phi) is 5.03. The van der Waals surface area contributed by atoms with Gasteiger partial charge in [0.2, 0.25) is 9.05 Å². The lowest BCUT2D eigenvalue weighted by atomic mass is 9.98. The Balaban J connectivity index is 2.72. The van der Waals surface area contributed by atoms with Crippen molar-refractivity contribution in [2.75, 3.05) is 12.4 Å². The summed E-state index contributed by atoms with van der Waals surface area (Å²) in [6, 6.07) is 4.05. The highest BCUT2D eigenvalue weighted by Gasteiger charge is 2.26. The molecule has 0 amide bonds. The molecule has 0 fully saturated rings. The number of halogens is 3. The van der Waals surface area contributed by atoms with Crippen molar-refractivity contribution >= 4 is 35.7 Å². The van der Waals surface area contributed by atoms with Gasteiger partial charge in [0.15, 0.2) is 0 Å². The lowest BCUT2D eigenvalue weighted by Gasteiger charge is -2.23. The zero-order valence-corrected chi connectivity index (χ0v) is 13.1. The van der Waals surface area contributed by atoms with Crippen molar-refractivity contribution in [2.24, 2.45) is 5.41 Å². The molecular formula is C11H13BrClFO3S. The van der Waals surface area contributed by atoms with Crippen molar-refractivity contribution in [1.29, 1.82) is 0 Å². The second kappa shape index (κ2) is 5.75. The minimum Gasteiger partial charge on any atom is -0.492 e. The Bertz CT molecular complexity index is 531. The average Bonchev–Trinajstić information content (AvgIpc) is 2.16. The summed E-state index contributed by atoms with van der Waals surface area (Å²) >= 11 is 3.22. The molecule has 18 heavy (non-hydrogen) atoms. The van der Waals surface area contributed by atoms with Crippen LogP contribution in [0.3, 0.4) is 0 Å². The molecule has 0 bridgehead atoms. The predicted octanol–water partition coefficient (Wildman–Crippen LogP) is 3.56. The fraction of sp³-hybridized carbons (Fsp3) is 0.455. The minimum absolute atomic E-state index is 0.112. The van der Waals surface area contributed by atoms with Gasteiger partial charge in [-0.1, -0.05) is 13.8 Å². The third-order valence-corrected chi connectivity index (χ3v) is 4.18. The Morgan fingerprint density at radius 1 is 1.44 bits per heavy atom. The van der Waals surface area contributed by atoms with Crippen molar-refractivity contribution in [3.05, 3.63) is 28.5 Å². The summed E-state index contributed by atoms with van der Waals surface area (Å²) in [6.07, 6.45) is 0. The summed E-state index contributed by atoms with van der Waals surface area (Å²) in [6.45, 7) is 3.53. The van der Waals surface area contributed by atoms with E-state index in [1.165, 1.54) is 18.2 Å². The summed E-state index contributed by atoms with van der Waals surface area (Å²) in [4.78, 5) is 0. The third kappa shape index (κ3) is 5.54. The maximum Gasteiger partial charge on any atom is 0.233 e. The van der Waals surface area contributed by atoms with Gasteiger partial charge in [-0.15, -0.1) is 0 Å². The first kappa shape index (κ1) is 15.7.